The minimum absolute atomic E-state index is 0.431. The second-order valence-corrected chi connectivity index (χ2v) is 9.40. The van der Waals surface area contributed by atoms with Crippen molar-refractivity contribution < 1.29 is 9.47 Å². The highest BCUT2D eigenvalue weighted by Gasteiger charge is 2.24. The zero-order valence-electron chi connectivity index (χ0n) is 20.2. The Morgan fingerprint density at radius 1 is 1.00 bits per heavy atom. The van der Waals surface area contributed by atoms with Gasteiger partial charge in [0.15, 0.2) is 11.5 Å². The van der Waals surface area contributed by atoms with Gasteiger partial charge in [0.1, 0.15) is 24.7 Å². The van der Waals surface area contributed by atoms with Crippen molar-refractivity contribution in [3.05, 3.63) is 36.2 Å². The fourth-order valence-electron chi connectivity index (χ4n) is 5.16. The summed E-state index contributed by atoms with van der Waals surface area (Å²) >= 11 is 0. The lowest BCUT2D eigenvalue weighted by atomic mass is 10.1. The first-order valence-electron chi connectivity index (χ1n) is 12.5. The Morgan fingerprint density at radius 2 is 1.80 bits per heavy atom. The van der Waals surface area contributed by atoms with Gasteiger partial charge in [-0.3, -0.25) is 4.68 Å². The number of aromatic nitrogens is 5. The summed E-state index contributed by atoms with van der Waals surface area (Å²) in [5.74, 6) is 2.76. The summed E-state index contributed by atoms with van der Waals surface area (Å²) < 4.78 is 14.0. The highest BCUT2D eigenvalue weighted by Crippen LogP contribution is 2.45. The van der Waals surface area contributed by atoms with Crippen LogP contribution in [0.15, 0.2) is 30.6 Å². The number of rotatable bonds is 5. The van der Waals surface area contributed by atoms with Crippen molar-refractivity contribution in [3.63, 3.8) is 0 Å². The molecule has 3 N–H and O–H groups in total. The van der Waals surface area contributed by atoms with Gasteiger partial charge in [-0.15, -0.1) is 0 Å². The van der Waals surface area contributed by atoms with E-state index >= 15 is 0 Å². The summed E-state index contributed by atoms with van der Waals surface area (Å²) in [5.41, 5.74) is 4.63. The van der Waals surface area contributed by atoms with Gasteiger partial charge in [0, 0.05) is 31.0 Å². The van der Waals surface area contributed by atoms with Crippen LogP contribution >= 0.6 is 0 Å². The zero-order chi connectivity index (χ0) is 23.8. The summed E-state index contributed by atoms with van der Waals surface area (Å²) in [7, 11) is 1.92. The number of hydrogen-bond donors (Lipinski definition) is 3. The molecule has 0 saturated heterocycles. The summed E-state index contributed by atoms with van der Waals surface area (Å²) in [6.07, 6.45) is 11.3. The average molecular weight is 474 g/mol. The fraction of sp³-hybridized carbons (Fsp3) is 0.423. The summed E-state index contributed by atoms with van der Waals surface area (Å²) in [5, 5.41) is 12.5. The van der Waals surface area contributed by atoms with Gasteiger partial charge in [-0.2, -0.15) is 15.1 Å². The Kier molecular flexibility index (Phi) is 5.67. The van der Waals surface area contributed by atoms with E-state index in [4.69, 9.17) is 19.4 Å². The normalized spacial score (nSPS) is 16.3. The average Bonchev–Trinajstić information content (AvgIpc) is 3.36. The Balaban J connectivity index is 1.37. The van der Waals surface area contributed by atoms with E-state index in [1.165, 1.54) is 38.5 Å². The highest BCUT2D eigenvalue weighted by molar-refractivity contribution is 5.92. The quantitative estimate of drug-likeness (QED) is 0.337. The van der Waals surface area contributed by atoms with Crippen molar-refractivity contribution in [3.8, 4) is 22.8 Å². The number of ether oxygens (including phenoxy) is 2. The molecule has 9 heteroatoms. The van der Waals surface area contributed by atoms with E-state index in [-0.39, 0.29) is 0 Å². The van der Waals surface area contributed by atoms with E-state index in [2.05, 4.69) is 27.6 Å². The summed E-state index contributed by atoms with van der Waals surface area (Å²) in [6.45, 7) is 3.08. The molecule has 0 atom stereocenters. The highest BCUT2D eigenvalue weighted by atomic mass is 16.6. The van der Waals surface area contributed by atoms with Crippen LogP contribution in [0, 0.1) is 6.92 Å². The second kappa shape index (κ2) is 9.13. The van der Waals surface area contributed by atoms with Gasteiger partial charge in [0.05, 0.1) is 16.8 Å². The predicted octanol–water partition coefficient (Wildman–Crippen LogP) is 5.32. The van der Waals surface area contributed by atoms with E-state index in [1.807, 2.05) is 36.1 Å². The van der Waals surface area contributed by atoms with Crippen LogP contribution < -0.4 is 20.1 Å². The standard InChI is InChI=1S/C26H31N7O2/c1-16-15-27-24-21(16)25(29-17-7-5-3-4-6-8-17)32-26(31-24)30-19-10-9-18(20-11-12-28-33(20)2)22-23(19)35-14-13-34-22/h9-12,15,17H,3-8,13-14H2,1-2H3,(H3,27,29,30,31,32). The first-order chi connectivity index (χ1) is 17.2. The molecule has 0 unspecified atom stereocenters. The van der Waals surface area contributed by atoms with Crippen molar-refractivity contribution in [1.29, 1.82) is 0 Å². The molecule has 3 aromatic heterocycles. The van der Waals surface area contributed by atoms with Gasteiger partial charge >= 0.3 is 0 Å². The summed E-state index contributed by atoms with van der Waals surface area (Å²) in [6, 6.07) is 6.41. The van der Waals surface area contributed by atoms with E-state index in [9.17, 15) is 0 Å². The number of nitrogens with zero attached hydrogens (tertiary/aromatic N) is 4. The third-order valence-electron chi connectivity index (χ3n) is 6.96. The lowest BCUT2D eigenvalue weighted by molar-refractivity contribution is 0.173. The van der Waals surface area contributed by atoms with Crippen LogP contribution in [0.3, 0.4) is 0 Å². The topological polar surface area (TPSA) is 102 Å². The maximum absolute atomic E-state index is 6.07. The molecule has 0 bridgehead atoms. The maximum Gasteiger partial charge on any atom is 0.231 e. The molecule has 0 amide bonds. The fourth-order valence-corrected chi connectivity index (χ4v) is 5.16. The minimum atomic E-state index is 0.431. The number of H-pyrrole nitrogens is 1. The molecule has 1 aliphatic carbocycles. The molecule has 0 spiro atoms. The number of fused-ring (bicyclic) bond motifs is 2. The molecule has 2 aliphatic rings. The van der Waals surface area contributed by atoms with Crippen molar-refractivity contribution in [1.82, 2.24) is 24.7 Å². The molecule has 1 fully saturated rings. The molecular formula is C26H31N7O2. The molecule has 1 aliphatic heterocycles. The second-order valence-electron chi connectivity index (χ2n) is 9.40. The molecule has 0 radical (unpaired) electrons. The molecule has 35 heavy (non-hydrogen) atoms. The van der Waals surface area contributed by atoms with Crippen molar-refractivity contribution >= 4 is 28.5 Å². The van der Waals surface area contributed by atoms with Crippen LogP contribution in [0.2, 0.25) is 0 Å². The zero-order valence-corrected chi connectivity index (χ0v) is 20.2. The van der Waals surface area contributed by atoms with Crippen molar-refractivity contribution in [2.75, 3.05) is 23.8 Å². The van der Waals surface area contributed by atoms with Gasteiger partial charge in [-0.05, 0) is 43.5 Å². The molecule has 1 aromatic carbocycles. The number of aryl methyl sites for hydroxylation is 2. The van der Waals surface area contributed by atoms with Crippen molar-refractivity contribution in [2.24, 2.45) is 7.05 Å². The summed E-state index contributed by atoms with van der Waals surface area (Å²) in [4.78, 5) is 13.0. The smallest absolute Gasteiger partial charge is 0.231 e. The Labute approximate surface area is 204 Å². The van der Waals surface area contributed by atoms with Crippen molar-refractivity contribution in [2.45, 2.75) is 51.5 Å². The van der Waals surface area contributed by atoms with Gasteiger partial charge in [-0.1, -0.05) is 25.7 Å². The van der Waals surface area contributed by atoms with Gasteiger partial charge in [0.25, 0.3) is 0 Å². The first kappa shape index (κ1) is 21.8. The predicted molar refractivity (Wildman–Crippen MR) is 137 cm³/mol. The van der Waals surface area contributed by atoms with E-state index in [1.54, 1.807) is 6.20 Å². The molecule has 4 aromatic rings. The largest absolute Gasteiger partial charge is 0.485 e. The number of benzene rings is 1. The van der Waals surface area contributed by atoms with E-state index in [0.717, 1.165) is 39.4 Å². The minimum Gasteiger partial charge on any atom is -0.485 e. The SMILES string of the molecule is Cc1c[nH]c2nc(Nc3ccc(-c4ccnn4C)c4c3OCCO4)nc(NC3CCCCCC3)c12. The number of hydrogen-bond acceptors (Lipinski definition) is 7. The van der Waals surface area contributed by atoms with Crippen LogP contribution in [0.25, 0.3) is 22.3 Å². The van der Waals surface area contributed by atoms with E-state index < -0.39 is 0 Å². The Bertz CT molecular complexity index is 1350. The first-order valence-corrected chi connectivity index (χ1v) is 12.5. The number of nitrogens with one attached hydrogen (secondary N) is 3. The van der Waals surface area contributed by atoms with Gasteiger partial charge in [-0.25, -0.2) is 0 Å². The molecule has 9 nitrogen and oxygen atoms in total. The van der Waals surface area contributed by atoms with Crippen LogP contribution in [0.1, 0.15) is 44.1 Å². The van der Waals surface area contributed by atoms with E-state index in [0.29, 0.717) is 36.7 Å². The molecular weight excluding hydrogens is 442 g/mol. The number of anilines is 3. The molecule has 4 heterocycles. The van der Waals surface area contributed by atoms with Gasteiger partial charge < -0.3 is 25.1 Å². The number of aromatic amines is 1. The van der Waals surface area contributed by atoms with Crippen LogP contribution in [-0.4, -0.2) is 44.0 Å². The molecule has 1 saturated carbocycles. The third-order valence-corrected chi connectivity index (χ3v) is 6.96. The third kappa shape index (κ3) is 4.15. The van der Waals surface area contributed by atoms with Crippen LogP contribution in [-0.2, 0) is 7.05 Å². The maximum atomic E-state index is 6.07. The molecule has 6 rings (SSSR count). The lowest BCUT2D eigenvalue weighted by Gasteiger charge is -2.24. The molecule has 182 valence electrons. The Hall–Kier alpha value is -3.75. The Morgan fingerprint density at radius 3 is 2.57 bits per heavy atom. The lowest BCUT2D eigenvalue weighted by Crippen LogP contribution is -2.20. The van der Waals surface area contributed by atoms with Crippen LogP contribution in [0.5, 0.6) is 11.5 Å². The van der Waals surface area contributed by atoms with Crippen LogP contribution in [0.4, 0.5) is 17.5 Å². The van der Waals surface area contributed by atoms with Gasteiger partial charge in [0.2, 0.25) is 5.95 Å². The monoisotopic (exact) mass is 473 g/mol.